The van der Waals surface area contributed by atoms with Gasteiger partial charge in [-0.15, -0.1) is 0 Å². The van der Waals surface area contributed by atoms with Crippen LogP contribution >= 0.6 is 0 Å². The molecule has 0 aromatic carbocycles. The Hall–Kier alpha value is -1.56. The van der Waals surface area contributed by atoms with Gasteiger partial charge in [0.15, 0.2) is 0 Å². The van der Waals surface area contributed by atoms with E-state index in [0.717, 1.165) is 12.1 Å². The molecule has 0 bridgehead atoms. The highest BCUT2D eigenvalue weighted by Crippen LogP contribution is 2.27. The zero-order valence-electron chi connectivity index (χ0n) is 10.9. The quantitative estimate of drug-likeness (QED) is 0.842. The average Bonchev–Trinajstić information content (AvgIpc) is 2.82. The number of ether oxygens (including phenoxy) is 2. The molecule has 6 heteroatoms. The third kappa shape index (κ3) is 3.22. The SMILES string of the molecule is CC(C)(C)OC(=O)NC1CCOC1c1ccn[nH]1. The van der Waals surface area contributed by atoms with Crippen molar-refractivity contribution in [3.63, 3.8) is 0 Å². The summed E-state index contributed by atoms with van der Waals surface area (Å²) in [5.41, 5.74) is 0.376. The highest BCUT2D eigenvalue weighted by Gasteiger charge is 2.33. The van der Waals surface area contributed by atoms with Gasteiger partial charge in [-0.25, -0.2) is 4.79 Å². The van der Waals surface area contributed by atoms with Crippen LogP contribution in [0.3, 0.4) is 0 Å². The molecule has 0 saturated carbocycles. The minimum absolute atomic E-state index is 0.0831. The van der Waals surface area contributed by atoms with Crippen LogP contribution in [-0.2, 0) is 9.47 Å². The van der Waals surface area contributed by atoms with Gasteiger partial charge in [-0.1, -0.05) is 0 Å². The number of carbonyl (C=O) groups excluding carboxylic acids is 1. The van der Waals surface area contributed by atoms with E-state index in [1.165, 1.54) is 0 Å². The molecule has 1 fully saturated rings. The summed E-state index contributed by atoms with van der Waals surface area (Å²) in [5.74, 6) is 0. The van der Waals surface area contributed by atoms with Crippen LogP contribution in [0.5, 0.6) is 0 Å². The van der Waals surface area contributed by atoms with Gasteiger partial charge in [-0.3, -0.25) is 5.10 Å². The molecule has 6 nitrogen and oxygen atoms in total. The summed E-state index contributed by atoms with van der Waals surface area (Å²) in [7, 11) is 0. The van der Waals surface area contributed by atoms with E-state index >= 15 is 0 Å². The lowest BCUT2D eigenvalue weighted by Gasteiger charge is -2.23. The highest BCUT2D eigenvalue weighted by atomic mass is 16.6. The molecule has 18 heavy (non-hydrogen) atoms. The molecular weight excluding hydrogens is 234 g/mol. The van der Waals surface area contributed by atoms with Crippen molar-refractivity contribution in [2.45, 2.75) is 44.9 Å². The van der Waals surface area contributed by atoms with Crippen molar-refractivity contribution in [2.75, 3.05) is 6.61 Å². The molecule has 2 unspecified atom stereocenters. The van der Waals surface area contributed by atoms with E-state index in [9.17, 15) is 4.79 Å². The van der Waals surface area contributed by atoms with E-state index in [1.807, 2.05) is 26.8 Å². The highest BCUT2D eigenvalue weighted by molar-refractivity contribution is 5.68. The second-order valence-electron chi connectivity index (χ2n) is 5.34. The minimum atomic E-state index is -0.493. The van der Waals surface area contributed by atoms with Crippen molar-refractivity contribution in [1.29, 1.82) is 0 Å². The number of carbonyl (C=O) groups is 1. The molecule has 1 aromatic heterocycles. The molecular formula is C12H19N3O3. The maximum absolute atomic E-state index is 11.7. The van der Waals surface area contributed by atoms with Gasteiger partial charge in [-0.05, 0) is 33.3 Å². The first-order chi connectivity index (χ1) is 8.46. The standard InChI is InChI=1S/C12H19N3O3/c1-12(2,3)18-11(16)14-8-5-7-17-10(8)9-4-6-13-15-9/h4,6,8,10H,5,7H2,1-3H3,(H,13,15)(H,14,16). The maximum Gasteiger partial charge on any atom is 0.407 e. The number of nitrogens with one attached hydrogen (secondary N) is 2. The van der Waals surface area contributed by atoms with E-state index < -0.39 is 11.7 Å². The zero-order valence-corrected chi connectivity index (χ0v) is 10.9. The van der Waals surface area contributed by atoms with Crippen molar-refractivity contribution in [1.82, 2.24) is 15.5 Å². The minimum Gasteiger partial charge on any atom is -0.444 e. The molecule has 0 radical (unpaired) electrons. The topological polar surface area (TPSA) is 76.2 Å². The van der Waals surface area contributed by atoms with Gasteiger partial charge in [0.25, 0.3) is 0 Å². The van der Waals surface area contributed by atoms with Crippen LogP contribution < -0.4 is 5.32 Å². The third-order valence-corrected chi connectivity index (χ3v) is 2.62. The van der Waals surface area contributed by atoms with Crippen molar-refractivity contribution in [2.24, 2.45) is 0 Å². The van der Waals surface area contributed by atoms with E-state index in [1.54, 1.807) is 6.20 Å². The third-order valence-electron chi connectivity index (χ3n) is 2.62. The van der Waals surface area contributed by atoms with Crippen LogP contribution in [0.25, 0.3) is 0 Å². The maximum atomic E-state index is 11.7. The van der Waals surface area contributed by atoms with E-state index in [4.69, 9.17) is 9.47 Å². The number of alkyl carbamates (subject to hydrolysis) is 1. The van der Waals surface area contributed by atoms with Crippen molar-refractivity contribution < 1.29 is 14.3 Å². The van der Waals surface area contributed by atoms with Gasteiger partial charge in [0.2, 0.25) is 0 Å². The molecule has 1 aliphatic heterocycles. The normalized spacial score (nSPS) is 23.9. The fraction of sp³-hybridized carbons (Fsp3) is 0.667. The Morgan fingerprint density at radius 2 is 2.39 bits per heavy atom. The van der Waals surface area contributed by atoms with Crippen LogP contribution in [0.2, 0.25) is 0 Å². The fourth-order valence-electron chi connectivity index (χ4n) is 1.93. The molecule has 1 aliphatic rings. The Kier molecular flexibility index (Phi) is 3.56. The van der Waals surface area contributed by atoms with Gasteiger partial charge in [0.05, 0.1) is 11.7 Å². The predicted octanol–water partition coefficient (Wildman–Crippen LogP) is 1.76. The van der Waals surface area contributed by atoms with Crippen LogP contribution in [-0.4, -0.2) is 34.5 Å². The largest absolute Gasteiger partial charge is 0.444 e. The van der Waals surface area contributed by atoms with Gasteiger partial charge in [-0.2, -0.15) is 5.10 Å². The van der Waals surface area contributed by atoms with Gasteiger partial charge in [0.1, 0.15) is 11.7 Å². The number of rotatable bonds is 2. The lowest BCUT2D eigenvalue weighted by atomic mass is 10.1. The predicted molar refractivity (Wildman–Crippen MR) is 65.1 cm³/mol. The number of aromatic nitrogens is 2. The lowest BCUT2D eigenvalue weighted by Crippen LogP contribution is -2.40. The second kappa shape index (κ2) is 4.97. The first-order valence-electron chi connectivity index (χ1n) is 6.06. The number of hydrogen-bond acceptors (Lipinski definition) is 4. The van der Waals surface area contributed by atoms with Crippen molar-refractivity contribution in [3.8, 4) is 0 Å². The van der Waals surface area contributed by atoms with E-state index in [2.05, 4.69) is 15.5 Å². The lowest BCUT2D eigenvalue weighted by molar-refractivity contribution is 0.0443. The number of aromatic amines is 1. The summed E-state index contributed by atoms with van der Waals surface area (Å²) in [6, 6.07) is 1.76. The fourth-order valence-corrected chi connectivity index (χ4v) is 1.93. The van der Waals surface area contributed by atoms with Gasteiger partial charge < -0.3 is 14.8 Å². The van der Waals surface area contributed by atoms with Gasteiger partial charge >= 0.3 is 6.09 Å². The summed E-state index contributed by atoms with van der Waals surface area (Å²) in [6.07, 6.45) is 1.84. The van der Waals surface area contributed by atoms with Crippen molar-refractivity contribution in [3.05, 3.63) is 18.0 Å². The van der Waals surface area contributed by atoms with E-state index in [0.29, 0.717) is 6.61 Å². The summed E-state index contributed by atoms with van der Waals surface area (Å²) < 4.78 is 10.8. The van der Waals surface area contributed by atoms with E-state index in [-0.39, 0.29) is 12.1 Å². The summed E-state index contributed by atoms with van der Waals surface area (Å²) >= 11 is 0. The molecule has 1 amide bonds. The molecule has 2 N–H and O–H groups in total. The van der Waals surface area contributed by atoms with Crippen LogP contribution in [0.15, 0.2) is 12.3 Å². The monoisotopic (exact) mass is 253 g/mol. The molecule has 100 valence electrons. The first-order valence-corrected chi connectivity index (χ1v) is 6.06. The smallest absolute Gasteiger partial charge is 0.407 e. The number of nitrogens with zero attached hydrogens (tertiary/aromatic N) is 1. The molecule has 2 heterocycles. The van der Waals surface area contributed by atoms with Crippen molar-refractivity contribution >= 4 is 6.09 Å². The summed E-state index contributed by atoms with van der Waals surface area (Å²) in [5, 5.41) is 9.59. The summed E-state index contributed by atoms with van der Waals surface area (Å²) in [6.45, 7) is 6.13. The molecule has 1 saturated heterocycles. The average molecular weight is 253 g/mol. The number of hydrogen-bond donors (Lipinski definition) is 2. The number of amides is 1. The second-order valence-corrected chi connectivity index (χ2v) is 5.34. The Balaban J connectivity index is 1.94. The van der Waals surface area contributed by atoms with Gasteiger partial charge in [0, 0.05) is 12.8 Å². The summed E-state index contributed by atoms with van der Waals surface area (Å²) in [4.78, 5) is 11.7. The molecule has 1 aromatic rings. The Bertz CT molecular complexity index is 397. The number of H-pyrrole nitrogens is 1. The Morgan fingerprint density at radius 3 is 3.00 bits per heavy atom. The van der Waals surface area contributed by atoms with Crippen LogP contribution in [0.1, 0.15) is 39.0 Å². The first kappa shape index (κ1) is 12.9. The van der Waals surface area contributed by atoms with Crippen LogP contribution in [0, 0.1) is 0 Å². The van der Waals surface area contributed by atoms with Crippen LogP contribution in [0.4, 0.5) is 4.79 Å². The molecule has 2 rings (SSSR count). The Labute approximate surface area is 106 Å². The Morgan fingerprint density at radius 1 is 1.61 bits per heavy atom. The molecule has 2 atom stereocenters. The zero-order chi connectivity index (χ0) is 13.2. The molecule has 0 aliphatic carbocycles. The molecule has 0 spiro atoms.